The minimum absolute atomic E-state index is 0.207. The molecule has 0 unspecified atom stereocenters. The Bertz CT molecular complexity index is 445. The van der Waals surface area contributed by atoms with Gasteiger partial charge in [-0.05, 0) is 37.6 Å². The van der Waals surface area contributed by atoms with Crippen LogP contribution >= 0.6 is 0 Å². The third-order valence-corrected chi connectivity index (χ3v) is 2.61. The second-order valence-electron chi connectivity index (χ2n) is 4.32. The van der Waals surface area contributed by atoms with Gasteiger partial charge in [-0.3, -0.25) is 20.4 Å². The number of carbonyl (C=O) groups is 2. The Labute approximate surface area is 124 Å². The molecular weight excluding hydrogens is 272 g/mol. The summed E-state index contributed by atoms with van der Waals surface area (Å²) in [5.74, 6) is 0.100. The molecule has 0 aliphatic carbocycles. The van der Waals surface area contributed by atoms with Gasteiger partial charge in [0.1, 0.15) is 12.4 Å². The molecule has 6 heteroatoms. The van der Waals surface area contributed by atoms with Gasteiger partial charge in [0.2, 0.25) is 5.91 Å². The number of hydrogen-bond acceptors (Lipinski definition) is 4. The summed E-state index contributed by atoms with van der Waals surface area (Å²) in [6.45, 7) is 5.47. The van der Waals surface area contributed by atoms with Gasteiger partial charge < -0.3 is 9.47 Å². The first-order chi connectivity index (χ1) is 10.2. The van der Waals surface area contributed by atoms with Crippen LogP contribution in [0.3, 0.4) is 0 Å². The lowest BCUT2D eigenvalue weighted by Crippen LogP contribution is -2.41. The summed E-state index contributed by atoms with van der Waals surface area (Å²) in [5.41, 5.74) is 5.17. The standard InChI is InChI=1S/C15H22N2O4/c1-3-5-14(18)16-17-15(19)12-6-8-13(9-7-12)21-11-10-20-4-2/h6-9H,3-5,10-11H2,1-2H3,(H,16,18)(H,17,19). The summed E-state index contributed by atoms with van der Waals surface area (Å²) in [4.78, 5) is 23.0. The number of amides is 2. The lowest BCUT2D eigenvalue weighted by atomic mass is 10.2. The Hall–Kier alpha value is -2.08. The topological polar surface area (TPSA) is 76.7 Å². The molecule has 1 aromatic carbocycles. The van der Waals surface area contributed by atoms with Crippen molar-refractivity contribution in [3.8, 4) is 5.75 Å². The van der Waals surface area contributed by atoms with Crippen molar-refractivity contribution in [2.45, 2.75) is 26.7 Å². The second kappa shape index (κ2) is 9.77. The Kier molecular flexibility index (Phi) is 7.89. The summed E-state index contributed by atoms with van der Waals surface area (Å²) in [7, 11) is 0. The highest BCUT2D eigenvalue weighted by Gasteiger charge is 2.07. The van der Waals surface area contributed by atoms with Crippen molar-refractivity contribution < 1.29 is 19.1 Å². The zero-order valence-electron chi connectivity index (χ0n) is 12.5. The van der Waals surface area contributed by atoms with E-state index in [1.165, 1.54) is 0 Å². The van der Waals surface area contributed by atoms with Gasteiger partial charge in [0, 0.05) is 18.6 Å². The van der Waals surface area contributed by atoms with Crippen LogP contribution < -0.4 is 15.6 Å². The SMILES string of the molecule is CCCC(=O)NNC(=O)c1ccc(OCCOCC)cc1. The number of benzene rings is 1. The molecule has 0 bridgehead atoms. The second-order valence-corrected chi connectivity index (χ2v) is 4.32. The first-order valence-corrected chi connectivity index (χ1v) is 7.07. The highest BCUT2D eigenvalue weighted by atomic mass is 16.5. The minimum Gasteiger partial charge on any atom is -0.491 e. The van der Waals surface area contributed by atoms with Gasteiger partial charge in [-0.15, -0.1) is 0 Å². The smallest absolute Gasteiger partial charge is 0.269 e. The largest absolute Gasteiger partial charge is 0.491 e. The molecule has 2 amide bonds. The van der Waals surface area contributed by atoms with Crippen molar-refractivity contribution in [2.24, 2.45) is 0 Å². The number of hydrogen-bond donors (Lipinski definition) is 2. The molecule has 0 atom stereocenters. The van der Waals surface area contributed by atoms with E-state index in [1.807, 2.05) is 13.8 Å². The molecule has 0 fully saturated rings. The molecule has 21 heavy (non-hydrogen) atoms. The van der Waals surface area contributed by atoms with Gasteiger partial charge >= 0.3 is 0 Å². The van der Waals surface area contributed by atoms with E-state index >= 15 is 0 Å². The Morgan fingerprint density at radius 3 is 2.38 bits per heavy atom. The van der Waals surface area contributed by atoms with E-state index in [2.05, 4.69) is 10.9 Å². The van der Waals surface area contributed by atoms with Gasteiger partial charge in [-0.2, -0.15) is 0 Å². The van der Waals surface area contributed by atoms with Gasteiger partial charge in [0.25, 0.3) is 5.91 Å². The Balaban J connectivity index is 2.38. The van der Waals surface area contributed by atoms with Crippen molar-refractivity contribution >= 4 is 11.8 Å². The molecule has 2 N–H and O–H groups in total. The average molecular weight is 294 g/mol. The molecule has 0 aliphatic rings. The fourth-order valence-electron chi connectivity index (χ4n) is 1.55. The lowest BCUT2D eigenvalue weighted by molar-refractivity contribution is -0.121. The van der Waals surface area contributed by atoms with Crippen LogP contribution in [0.1, 0.15) is 37.0 Å². The first-order valence-electron chi connectivity index (χ1n) is 7.07. The zero-order chi connectivity index (χ0) is 15.5. The van der Waals surface area contributed by atoms with Crippen LogP contribution in [0.15, 0.2) is 24.3 Å². The summed E-state index contributed by atoms with van der Waals surface area (Å²) in [6.07, 6.45) is 1.11. The van der Waals surface area contributed by atoms with E-state index in [9.17, 15) is 9.59 Å². The van der Waals surface area contributed by atoms with Gasteiger partial charge in [-0.25, -0.2) is 0 Å². The van der Waals surface area contributed by atoms with Crippen LogP contribution in [0.5, 0.6) is 5.75 Å². The maximum absolute atomic E-state index is 11.8. The van der Waals surface area contributed by atoms with Crippen molar-refractivity contribution in [2.75, 3.05) is 19.8 Å². The zero-order valence-corrected chi connectivity index (χ0v) is 12.5. The predicted molar refractivity (Wildman–Crippen MR) is 78.9 cm³/mol. The Morgan fingerprint density at radius 2 is 1.76 bits per heavy atom. The molecule has 0 spiro atoms. The van der Waals surface area contributed by atoms with Crippen LogP contribution in [0.2, 0.25) is 0 Å². The fraction of sp³-hybridized carbons (Fsp3) is 0.467. The fourth-order valence-corrected chi connectivity index (χ4v) is 1.55. The molecule has 0 aliphatic heterocycles. The average Bonchev–Trinajstić information content (AvgIpc) is 2.50. The van der Waals surface area contributed by atoms with Gasteiger partial charge in [0.15, 0.2) is 0 Å². The molecule has 0 radical (unpaired) electrons. The van der Waals surface area contributed by atoms with Crippen LogP contribution in [0.4, 0.5) is 0 Å². The Morgan fingerprint density at radius 1 is 1.05 bits per heavy atom. The number of carbonyl (C=O) groups excluding carboxylic acids is 2. The van der Waals surface area contributed by atoms with Crippen LogP contribution in [0, 0.1) is 0 Å². The normalized spacial score (nSPS) is 10.0. The highest BCUT2D eigenvalue weighted by Crippen LogP contribution is 2.11. The molecular formula is C15H22N2O4. The molecule has 0 heterocycles. The first kappa shape index (κ1) is 17.0. The summed E-state index contributed by atoms with van der Waals surface area (Å²) >= 11 is 0. The van der Waals surface area contributed by atoms with E-state index in [4.69, 9.17) is 9.47 Å². The van der Waals surface area contributed by atoms with E-state index in [1.54, 1.807) is 24.3 Å². The van der Waals surface area contributed by atoms with Crippen molar-refractivity contribution in [3.63, 3.8) is 0 Å². The van der Waals surface area contributed by atoms with Crippen molar-refractivity contribution in [1.82, 2.24) is 10.9 Å². The third kappa shape index (κ3) is 6.76. The lowest BCUT2D eigenvalue weighted by Gasteiger charge is -2.08. The van der Waals surface area contributed by atoms with E-state index < -0.39 is 0 Å². The number of ether oxygens (including phenoxy) is 2. The van der Waals surface area contributed by atoms with Crippen LogP contribution in [0.25, 0.3) is 0 Å². The summed E-state index contributed by atoms with van der Waals surface area (Å²) in [6, 6.07) is 6.68. The molecule has 0 saturated carbocycles. The number of hydrazine groups is 1. The van der Waals surface area contributed by atoms with E-state index in [0.29, 0.717) is 37.6 Å². The summed E-state index contributed by atoms with van der Waals surface area (Å²) in [5, 5.41) is 0. The maximum atomic E-state index is 11.8. The van der Waals surface area contributed by atoms with Gasteiger partial charge in [-0.1, -0.05) is 6.92 Å². The third-order valence-electron chi connectivity index (χ3n) is 2.61. The van der Waals surface area contributed by atoms with Crippen molar-refractivity contribution in [1.29, 1.82) is 0 Å². The van der Waals surface area contributed by atoms with Crippen molar-refractivity contribution in [3.05, 3.63) is 29.8 Å². The minimum atomic E-state index is -0.361. The molecule has 116 valence electrons. The summed E-state index contributed by atoms with van der Waals surface area (Å²) < 4.78 is 10.6. The predicted octanol–water partition coefficient (Wildman–Crippen LogP) is 1.66. The molecule has 0 saturated heterocycles. The van der Waals surface area contributed by atoms with Crippen LogP contribution in [-0.2, 0) is 9.53 Å². The van der Waals surface area contributed by atoms with E-state index in [-0.39, 0.29) is 11.8 Å². The van der Waals surface area contributed by atoms with Gasteiger partial charge in [0.05, 0.1) is 6.61 Å². The van der Waals surface area contributed by atoms with E-state index in [0.717, 1.165) is 6.42 Å². The maximum Gasteiger partial charge on any atom is 0.269 e. The van der Waals surface area contributed by atoms with Crippen LogP contribution in [-0.4, -0.2) is 31.6 Å². The number of nitrogens with one attached hydrogen (secondary N) is 2. The quantitative estimate of drug-likeness (QED) is 0.565. The number of rotatable bonds is 8. The monoisotopic (exact) mass is 294 g/mol. The molecule has 6 nitrogen and oxygen atoms in total. The highest BCUT2D eigenvalue weighted by molar-refractivity contribution is 5.95. The molecule has 0 aromatic heterocycles. The molecule has 1 aromatic rings. The molecule has 1 rings (SSSR count).